The van der Waals surface area contributed by atoms with Crippen LogP contribution in [-0.4, -0.2) is 46.9 Å². The molecule has 0 spiro atoms. The van der Waals surface area contributed by atoms with Gasteiger partial charge in [-0.1, -0.05) is 0 Å². The van der Waals surface area contributed by atoms with Crippen LogP contribution in [0.3, 0.4) is 0 Å². The van der Waals surface area contributed by atoms with Crippen LogP contribution in [0.5, 0.6) is 17.2 Å². The second kappa shape index (κ2) is 7.22. The predicted molar refractivity (Wildman–Crippen MR) is 70.4 cm³/mol. The zero-order chi connectivity index (χ0) is 15.1. The molecule has 1 N–H and O–H groups in total. The van der Waals surface area contributed by atoms with Crippen molar-refractivity contribution < 1.29 is 28.5 Å². The summed E-state index contributed by atoms with van der Waals surface area (Å²) in [4.78, 5) is 22.9. The predicted octanol–water partition coefficient (Wildman–Crippen LogP) is 0.615. The summed E-state index contributed by atoms with van der Waals surface area (Å²) < 4.78 is 20.2. The Kier molecular flexibility index (Phi) is 5.64. The van der Waals surface area contributed by atoms with E-state index in [-0.39, 0.29) is 12.2 Å². The van der Waals surface area contributed by atoms with Crippen molar-refractivity contribution in [2.24, 2.45) is 0 Å². The van der Waals surface area contributed by atoms with Crippen LogP contribution in [0.15, 0.2) is 12.1 Å². The van der Waals surface area contributed by atoms with Crippen LogP contribution in [0.25, 0.3) is 0 Å². The Morgan fingerprint density at radius 3 is 2.00 bits per heavy atom. The molecule has 110 valence electrons. The first-order valence-corrected chi connectivity index (χ1v) is 5.75. The first-order chi connectivity index (χ1) is 9.57. The maximum Gasteiger partial charge on any atom is 0.338 e. The minimum absolute atomic E-state index is 0.198. The second-order valence-corrected chi connectivity index (χ2v) is 3.66. The van der Waals surface area contributed by atoms with Crippen molar-refractivity contribution in [3.05, 3.63) is 17.7 Å². The number of methoxy groups -OCH3 is 3. The van der Waals surface area contributed by atoms with Gasteiger partial charge in [-0.15, -0.1) is 0 Å². The largest absolute Gasteiger partial charge is 0.493 e. The molecule has 0 aliphatic heterocycles. The third-order valence-electron chi connectivity index (χ3n) is 2.51. The number of hydrogen-bond donors (Lipinski definition) is 1. The number of esters is 1. The van der Waals surface area contributed by atoms with Gasteiger partial charge in [-0.2, -0.15) is 0 Å². The van der Waals surface area contributed by atoms with Crippen molar-refractivity contribution in [3.63, 3.8) is 0 Å². The van der Waals surface area contributed by atoms with Gasteiger partial charge in [0.15, 0.2) is 18.1 Å². The molecule has 0 saturated heterocycles. The molecule has 0 unspecified atom stereocenters. The van der Waals surface area contributed by atoms with Gasteiger partial charge in [0.05, 0.1) is 26.9 Å². The van der Waals surface area contributed by atoms with Crippen molar-refractivity contribution in [2.75, 3.05) is 35.0 Å². The van der Waals surface area contributed by atoms with Crippen LogP contribution in [0.4, 0.5) is 0 Å². The molecule has 7 nitrogen and oxygen atoms in total. The van der Waals surface area contributed by atoms with E-state index in [4.69, 9.17) is 18.9 Å². The monoisotopic (exact) mass is 283 g/mol. The van der Waals surface area contributed by atoms with Gasteiger partial charge in [0.1, 0.15) is 0 Å². The molecule has 0 atom stereocenters. The van der Waals surface area contributed by atoms with E-state index >= 15 is 0 Å². The van der Waals surface area contributed by atoms with Gasteiger partial charge >= 0.3 is 5.97 Å². The highest BCUT2D eigenvalue weighted by atomic mass is 16.5. The molecule has 1 aromatic carbocycles. The molecular weight excluding hydrogens is 266 g/mol. The SMILES string of the molecule is CNC(=O)COC(=O)c1cc(OC)c(OC)c(OC)c1. The first kappa shape index (κ1) is 15.6. The lowest BCUT2D eigenvalue weighted by Gasteiger charge is -2.13. The molecule has 0 fully saturated rings. The number of carbonyl (C=O) groups is 2. The Morgan fingerprint density at radius 2 is 1.60 bits per heavy atom. The molecule has 0 radical (unpaired) electrons. The maximum absolute atomic E-state index is 11.8. The Hall–Kier alpha value is -2.44. The Morgan fingerprint density at radius 1 is 1.05 bits per heavy atom. The highest BCUT2D eigenvalue weighted by Gasteiger charge is 2.18. The molecule has 0 aromatic heterocycles. The number of carbonyl (C=O) groups excluding carboxylic acids is 2. The summed E-state index contributed by atoms with van der Waals surface area (Å²) >= 11 is 0. The van der Waals surface area contributed by atoms with E-state index in [1.807, 2.05) is 0 Å². The standard InChI is InChI=1S/C13H17NO6/c1-14-11(15)7-20-13(16)8-5-9(17-2)12(19-4)10(6-8)18-3/h5-6H,7H2,1-4H3,(H,14,15). The first-order valence-electron chi connectivity index (χ1n) is 5.75. The van der Waals surface area contributed by atoms with Crippen LogP contribution in [0.2, 0.25) is 0 Å². The molecular formula is C13H17NO6. The van der Waals surface area contributed by atoms with Crippen LogP contribution in [-0.2, 0) is 9.53 Å². The van der Waals surface area contributed by atoms with E-state index in [1.54, 1.807) is 0 Å². The topological polar surface area (TPSA) is 83.1 Å². The number of likely N-dealkylation sites (N-methyl/N-ethyl adjacent to an activating group) is 1. The van der Waals surface area contributed by atoms with Crippen LogP contribution < -0.4 is 19.5 Å². The highest BCUT2D eigenvalue weighted by Crippen LogP contribution is 2.38. The summed E-state index contributed by atoms with van der Waals surface area (Å²) in [6.45, 7) is -0.355. The summed E-state index contributed by atoms with van der Waals surface area (Å²) in [6.07, 6.45) is 0. The maximum atomic E-state index is 11.8. The van der Waals surface area contributed by atoms with Crippen molar-refractivity contribution in [3.8, 4) is 17.2 Å². The van der Waals surface area contributed by atoms with Crippen molar-refractivity contribution >= 4 is 11.9 Å². The lowest BCUT2D eigenvalue weighted by molar-refractivity contribution is -0.123. The highest BCUT2D eigenvalue weighted by molar-refractivity contribution is 5.92. The van der Waals surface area contributed by atoms with Crippen LogP contribution in [0.1, 0.15) is 10.4 Å². The van der Waals surface area contributed by atoms with Crippen LogP contribution in [0, 0.1) is 0 Å². The van der Waals surface area contributed by atoms with Crippen molar-refractivity contribution in [2.45, 2.75) is 0 Å². The van der Waals surface area contributed by atoms with E-state index in [1.165, 1.54) is 40.5 Å². The third-order valence-corrected chi connectivity index (χ3v) is 2.51. The fourth-order valence-corrected chi connectivity index (χ4v) is 1.49. The number of ether oxygens (including phenoxy) is 4. The van der Waals surface area contributed by atoms with E-state index < -0.39 is 11.9 Å². The number of amides is 1. The summed E-state index contributed by atoms with van der Waals surface area (Å²) in [6, 6.07) is 2.90. The molecule has 0 aliphatic rings. The molecule has 0 aliphatic carbocycles. The van der Waals surface area contributed by atoms with Gasteiger partial charge in [-0.05, 0) is 12.1 Å². The van der Waals surface area contributed by atoms with E-state index in [2.05, 4.69) is 5.32 Å². The lowest BCUT2D eigenvalue weighted by atomic mass is 10.2. The van der Waals surface area contributed by atoms with E-state index in [9.17, 15) is 9.59 Å². The van der Waals surface area contributed by atoms with Gasteiger partial charge in [0.25, 0.3) is 5.91 Å². The number of hydrogen-bond acceptors (Lipinski definition) is 6. The van der Waals surface area contributed by atoms with Gasteiger partial charge in [0, 0.05) is 7.05 Å². The summed E-state index contributed by atoms with van der Waals surface area (Å²) in [5.41, 5.74) is 0.198. The summed E-state index contributed by atoms with van der Waals surface area (Å²) in [5, 5.41) is 2.35. The molecule has 0 bridgehead atoms. The zero-order valence-corrected chi connectivity index (χ0v) is 11.8. The molecule has 7 heteroatoms. The number of benzene rings is 1. The van der Waals surface area contributed by atoms with E-state index in [0.717, 1.165) is 0 Å². The fraction of sp³-hybridized carbons (Fsp3) is 0.385. The quantitative estimate of drug-likeness (QED) is 0.770. The van der Waals surface area contributed by atoms with Crippen molar-refractivity contribution in [1.29, 1.82) is 0 Å². The summed E-state index contributed by atoms with van der Waals surface area (Å²) in [7, 11) is 5.80. The van der Waals surface area contributed by atoms with Gasteiger partial charge in [0.2, 0.25) is 5.75 Å². The van der Waals surface area contributed by atoms with Gasteiger partial charge in [-0.3, -0.25) is 4.79 Å². The molecule has 0 saturated carbocycles. The average Bonchev–Trinajstić information content (AvgIpc) is 2.50. The Balaban J connectivity index is 3.00. The second-order valence-electron chi connectivity index (χ2n) is 3.66. The minimum atomic E-state index is -0.659. The molecule has 1 aromatic rings. The van der Waals surface area contributed by atoms with Crippen LogP contribution >= 0.6 is 0 Å². The molecule has 1 amide bonds. The third kappa shape index (κ3) is 3.53. The molecule has 20 heavy (non-hydrogen) atoms. The number of rotatable bonds is 6. The Bertz CT molecular complexity index is 475. The van der Waals surface area contributed by atoms with Gasteiger partial charge < -0.3 is 24.3 Å². The smallest absolute Gasteiger partial charge is 0.338 e. The molecule has 0 heterocycles. The summed E-state index contributed by atoms with van der Waals surface area (Å²) in [5.74, 6) is -0.0195. The number of nitrogens with one attached hydrogen (secondary N) is 1. The van der Waals surface area contributed by atoms with E-state index in [0.29, 0.717) is 17.2 Å². The lowest BCUT2D eigenvalue weighted by Crippen LogP contribution is -2.25. The normalized spacial score (nSPS) is 9.60. The van der Waals surface area contributed by atoms with Crippen molar-refractivity contribution in [1.82, 2.24) is 5.32 Å². The minimum Gasteiger partial charge on any atom is -0.493 e. The molecule has 1 rings (SSSR count). The zero-order valence-electron chi connectivity index (χ0n) is 11.8. The Labute approximate surface area is 116 Å². The average molecular weight is 283 g/mol. The fourth-order valence-electron chi connectivity index (χ4n) is 1.49. The van der Waals surface area contributed by atoms with Gasteiger partial charge in [-0.25, -0.2) is 4.79 Å².